The minimum absolute atomic E-state index is 0.0160. The quantitative estimate of drug-likeness (QED) is 0.341. The van der Waals surface area contributed by atoms with Gasteiger partial charge >= 0.3 is 17.9 Å². The van der Waals surface area contributed by atoms with E-state index in [1.165, 1.54) is 0 Å². The van der Waals surface area contributed by atoms with Crippen molar-refractivity contribution >= 4 is 29.4 Å². The summed E-state index contributed by atoms with van der Waals surface area (Å²) in [6.07, 6.45) is -4.03. The zero-order chi connectivity index (χ0) is 31.1. The van der Waals surface area contributed by atoms with Gasteiger partial charge in [-0.05, 0) is 80.4 Å². The van der Waals surface area contributed by atoms with Crippen LogP contribution < -0.4 is 4.90 Å². The van der Waals surface area contributed by atoms with Gasteiger partial charge in [0.25, 0.3) is 0 Å². The van der Waals surface area contributed by atoms with Gasteiger partial charge in [0.2, 0.25) is 0 Å². The summed E-state index contributed by atoms with van der Waals surface area (Å²) < 4.78 is 24.5. The van der Waals surface area contributed by atoms with Crippen molar-refractivity contribution in [3.05, 3.63) is 29.8 Å². The van der Waals surface area contributed by atoms with Gasteiger partial charge in [0, 0.05) is 23.7 Å². The molecule has 9 heteroatoms. The SMILES string of the molecule is CC(C)[C@H]1CC(=O)c2ccccc2N1[C@H]1OC[C@@H](OC(=O)C(C)(C)C)[C@@H](OC(=O)C(C)(C)C)[C@@H]1OC(=O)C(C)(C)C. The van der Waals surface area contributed by atoms with Crippen molar-refractivity contribution in [3.8, 4) is 0 Å². The molecule has 5 atom stereocenters. The van der Waals surface area contributed by atoms with E-state index < -0.39 is 58.7 Å². The third kappa shape index (κ3) is 7.29. The molecule has 0 spiro atoms. The molecule has 0 aromatic heterocycles. The molecule has 2 heterocycles. The highest BCUT2D eigenvalue weighted by Crippen LogP contribution is 2.40. The number of hydrogen-bond donors (Lipinski definition) is 0. The molecule has 0 saturated carbocycles. The summed E-state index contributed by atoms with van der Waals surface area (Å²) in [6.45, 7) is 19.5. The Bertz CT molecular complexity index is 1150. The lowest BCUT2D eigenvalue weighted by molar-refractivity contribution is -0.236. The Balaban J connectivity index is 2.18. The van der Waals surface area contributed by atoms with Gasteiger partial charge in [-0.3, -0.25) is 19.2 Å². The number of fused-ring (bicyclic) bond motifs is 1. The first kappa shape index (κ1) is 32.6. The van der Waals surface area contributed by atoms with Crippen LogP contribution in [0.5, 0.6) is 0 Å². The van der Waals surface area contributed by atoms with Crippen molar-refractivity contribution in [1.82, 2.24) is 0 Å². The molecule has 1 saturated heterocycles. The molecule has 0 bridgehead atoms. The average Bonchev–Trinajstić information content (AvgIpc) is 2.84. The first-order chi connectivity index (χ1) is 18.7. The second kappa shape index (κ2) is 11.7. The summed E-state index contributed by atoms with van der Waals surface area (Å²) in [5.41, 5.74) is -1.41. The Morgan fingerprint density at radius 1 is 0.805 bits per heavy atom. The van der Waals surface area contributed by atoms with Gasteiger partial charge in [0.1, 0.15) is 0 Å². The maximum absolute atomic E-state index is 13.4. The predicted molar refractivity (Wildman–Crippen MR) is 154 cm³/mol. The number of para-hydroxylation sites is 1. The molecule has 0 aliphatic carbocycles. The van der Waals surface area contributed by atoms with Gasteiger partial charge in [-0.15, -0.1) is 0 Å². The summed E-state index contributed by atoms with van der Waals surface area (Å²) in [6, 6.07) is 6.97. The zero-order valence-corrected chi connectivity index (χ0v) is 26.4. The lowest BCUT2D eigenvalue weighted by Gasteiger charge is -2.51. The second-order valence-electron chi connectivity index (χ2n) is 14.5. The smallest absolute Gasteiger partial charge is 0.311 e. The van der Waals surface area contributed by atoms with E-state index in [2.05, 4.69) is 0 Å². The predicted octanol–water partition coefficient (Wildman–Crippen LogP) is 5.33. The normalized spacial score (nSPS) is 25.4. The number of anilines is 1. The van der Waals surface area contributed by atoms with E-state index in [1.54, 1.807) is 74.4 Å². The Kier molecular flexibility index (Phi) is 9.33. The fraction of sp³-hybridized carbons (Fsp3) is 0.688. The number of Topliss-reactive ketones (excluding diaryl/α,β-unsaturated/α-hetero) is 1. The summed E-state index contributed by atoms with van der Waals surface area (Å²) in [5.74, 6) is -1.52. The van der Waals surface area contributed by atoms with E-state index >= 15 is 0 Å². The number of rotatable bonds is 5. The molecule has 3 rings (SSSR count). The van der Waals surface area contributed by atoms with Gasteiger partial charge in [-0.25, -0.2) is 0 Å². The maximum atomic E-state index is 13.4. The van der Waals surface area contributed by atoms with Crippen molar-refractivity contribution in [1.29, 1.82) is 0 Å². The summed E-state index contributed by atoms with van der Waals surface area (Å²) in [5, 5.41) is 0. The molecule has 0 amide bonds. The van der Waals surface area contributed by atoms with Gasteiger partial charge in [-0.1, -0.05) is 26.0 Å². The minimum Gasteiger partial charge on any atom is -0.455 e. The fourth-order valence-electron chi connectivity index (χ4n) is 4.67. The highest BCUT2D eigenvalue weighted by Gasteiger charge is 2.54. The fourth-order valence-corrected chi connectivity index (χ4v) is 4.67. The van der Waals surface area contributed by atoms with Crippen molar-refractivity contribution in [2.24, 2.45) is 22.2 Å². The van der Waals surface area contributed by atoms with Crippen LogP contribution in [0.15, 0.2) is 24.3 Å². The lowest BCUT2D eigenvalue weighted by atomic mass is 9.86. The average molecular weight is 574 g/mol. The standard InChI is InChI=1S/C32H47NO8/c1-18(2)21-16-22(34)19-14-12-13-15-20(19)33(21)26-25(41-29(37)32(9,10)11)24(40-28(36)31(6,7)8)23(17-38-26)39-27(35)30(3,4)5/h12-15,18,21,23-26H,16-17H2,1-11H3/t21-,23-,24-,25+,26+/m1/s1. The van der Waals surface area contributed by atoms with Crippen LogP contribution in [0, 0.1) is 22.2 Å². The highest BCUT2D eigenvalue weighted by molar-refractivity contribution is 6.03. The monoisotopic (exact) mass is 573 g/mol. The molecule has 41 heavy (non-hydrogen) atoms. The van der Waals surface area contributed by atoms with E-state index in [0.29, 0.717) is 11.3 Å². The van der Waals surface area contributed by atoms with Crippen LogP contribution in [0.2, 0.25) is 0 Å². The lowest BCUT2D eigenvalue weighted by Crippen LogP contribution is -2.66. The van der Waals surface area contributed by atoms with E-state index in [1.807, 2.05) is 30.9 Å². The van der Waals surface area contributed by atoms with E-state index in [-0.39, 0.29) is 30.8 Å². The third-order valence-corrected chi connectivity index (χ3v) is 7.26. The van der Waals surface area contributed by atoms with Crippen LogP contribution in [-0.4, -0.2) is 60.9 Å². The van der Waals surface area contributed by atoms with Crippen molar-refractivity contribution in [2.75, 3.05) is 11.5 Å². The Hall–Kier alpha value is -2.94. The first-order valence-corrected chi connectivity index (χ1v) is 14.4. The van der Waals surface area contributed by atoms with Crippen LogP contribution in [0.1, 0.15) is 92.9 Å². The molecular weight excluding hydrogens is 526 g/mol. The Morgan fingerprint density at radius 3 is 1.80 bits per heavy atom. The second-order valence-corrected chi connectivity index (χ2v) is 14.5. The van der Waals surface area contributed by atoms with Crippen LogP contribution in [0.4, 0.5) is 5.69 Å². The Labute approximate surface area is 244 Å². The topological polar surface area (TPSA) is 108 Å². The van der Waals surface area contributed by atoms with Crippen LogP contribution in [0.3, 0.4) is 0 Å². The van der Waals surface area contributed by atoms with Crippen molar-refractivity contribution < 1.29 is 38.1 Å². The van der Waals surface area contributed by atoms with Crippen LogP contribution >= 0.6 is 0 Å². The maximum Gasteiger partial charge on any atom is 0.311 e. The molecule has 9 nitrogen and oxygen atoms in total. The number of nitrogens with zero attached hydrogens (tertiary/aromatic N) is 1. The summed E-state index contributed by atoms with van der Waals surface area (Å²) in [7, 11) is 0. The zero-order valence-electron chi connectivity index (χ0n) is 26.4. The van der Waals surface area contributed by atoms with E-state index in [0.717, 1.165) is 0 Å². The molecular formula is C32H47NO8. The number of ketones is 1. The molecule has 2 aliphatic heterocycles. The number of esters is 3. The molecule has 228 valence electrons. The van der Waals surface area contributed by atoms with Crippen LogP contribution in [0.25, 0.3) is 0 Å². The van der Waals surface area contributed by atoms with Gasteiger partial charge in [0.15, 0.2) is 30.3 Å². The molecule has 1 aromatic rings. The molecule has 1 fully saturated rings. The largest absolute Gasteiger partial charge is 0.455 e. The molecule has 0 radical (unpaired) electrons. The van der Waals surface area contributed by atoms with E-state index in [4.69, 9.17) is 18.9 Å². The van der Waals surface area contributed by atoms with Crippen molar-refractivity contribution in [3.63, 3.8) is 0 Å². The minimum atomic E-state index is -1.16. The number of benzene rings is 1. The van der Waals surface area contributed by atoms with Gasteiger partial charge in [0.05, 0.1) is 22.9 Å². The molecule has 2 aliphatic rings. The van der Waals surface area contributed by atoms with E-state index in [9.17, 15) is 19.2 Å². The highest BCUT2D eigenvalue weighted by atomic mass is 16.6. The third-order valence-electron chi connectivity index (χ3n) is 7.26. The Morgan fingerprint density at radius 2 is 1.29 bits per heavy atom. The number of carbonyl (C=O) groups is 4. The number of carbonyl (C=O) groups excluding carboxylic acids is 4. The van der Waals surface area contributed by atoms with Crippen molar-refractivity contribution in [2.45, 2.75) is 113 Å². The van der Waals surface area contributed by atoms with Gasteiger partial charge in [-0.2, -0.15) is 0 Å². The number of hydrogen-bond acceptors (Lipinski definition) is 9. The summed E-state index contributed by atoms with van der Waals surface area (Å²) in [4.78, 5) is 54.8. The molecule has 0 N–H and O–H groups in total. The van der Waals surface area contributed by atoms with Crippen LogP contribution in [-0.2, 0) is 33.3 Å². The number of ether oxygens (including phenoxy) is 4. The summed E-state index contributed by atoms with van der Waals surface area (Å²) >= 11 is 0. The molecule has 0 unspecified atom stereocenters. The molecule has 1 aromatic carbocycles. The first-order valence-electron chi connectivity index (χ1n) is 14.4. The van der Waals surface area contributed by atoms with Gasteiger partial charge < -0.3 is 23.8 Å².